The zero-order valence-electron chi connectivity index (χ0n) is 12.7. The van der Waals surface area contributed by atoms with Crippen molar-refractivity contribution in [2.75, 3.05) is 13.7 Å². The zero-order valence-corrected chi connectivity index (χ0v) is 12.7. The number of esters is 1. The monoisotopic (exact) mass is 301 g/mol. The van der Waals surface area contributed by atoms with Gasteiger partial charge in [0.15, 0.2) is 0 Å². The third kappa shape index (κ3) is 3.94. The molecule has 6 nitrogen and oxygen atoms in total. The van der Waals surface area contributed by atoms with Gasteiger partial charge in [-0.15, -0.1) is 0 Å². The van der Waals surface area contributed by atoms with Crippen LogP contribution in [-0.2, 0) is 20.9 Å². The molecule has 2 aromatic rings. The summed E-state index contributed by atoms with van der Waals surface area (Å²) in [6.07, 6.45) is 4.59. The maximum absolute atomic E-state index is 12.0. The van der Waals surface area contributed by atoms with E-state index in [1.54, 1.807) is 12.4 Å². The molecule has 1 aromatic heterocycles. The van der Waals surface area contributed by atoms with Crippen molar-refractivity contribution in [1.29, 1.82) is 0 Å². The Hall–Kier alpha value is -2.63. The molecule has 1 atom stereocenters. The molecule has 0 bridgehead atoms. The van der Waals surface area contributed by atoms with Crippen molar-refractivity contribution in [3.63, 3.8) is 0 Å². The van der Waals surface area contributed by atoms with E-state index in [2.05, 4.69) is 15.0 Å². The highest BCUT2D eigenvalue weighted by Gasteiger charge is 2.14. The number of para-hydroxylation sites is 2. The molecule has 1 amide bonds. The van der Waals surface area contributed by atoms with E-state index in [1.807, 2.05) is 35.8 Å². The fourth-order valence-electron chi connectivity index (χ4n) is 2.09. The van der Waals surface area contributed by atoms with Gasteiger partial charge in [0.05, 0.1) is 30.4 Å². The Morgan fingerprint density at radius 3 is 2.95 bits per heavy atom. The Morgan fingerprint density at radius 1 is 1.41 bits per heavy atom. The Bertz CT molecular complexity index is 691. The molecule has 0 saturated carbocycles. The molecule has 0 fully saturated rings. The number of fused-ring (bicyclic) bond motifs is 1. The number of ether oxygens (including phenoxy) is 1. The maximum Gasteiger partial charge on any atom is 0.330 e. The molecule has 6 heteroatoms. The van der Waals surface area contributed by atoms with E-state index in [-0.39, 0.29) is 11.8 Å². The van der Waals surface area contributed by atoms with Gasteiger partial charge in [0.2, 0.25) is 5.91 Å². The van der Waals surface area contributed by atoms with Crippen LogP contribution in [0.3, 0.4) is 0 Å². The molecule has 0 saturated heterocycles. The number of hydrogen-bond acceptors (Lipinski definition) is 4. The topological polar surface area (TPSA) is 73.2 Å². The van der Waals surface area contributed by atoms with Crippen molar-refractivity contribution >= 4 is 22.9 Å². The van der Waals surface area contributed by atoms with Crippen molar-refractivity contribution < 1.29 is 14.3 Å². The van der Waals surface area contributed by atoms with Crippen LogP contribution in [0, 0.1) is 5.92 Å². The third-order valence-electron chi connectivity index (χ3n) is 3.29. The second-order valence-electron chi connectivity index (χ2n) is 4.96. The molecule has 0 aliphatic heterocycles. The van der Waals surface area contributed by atoms with Crippen LogP contribution in [0.5, 0.6) is 0 Å². The smallest absolute Gasteiger partial charge is 0.330 e. The first kappa shape index (κ1) is 15.8. The van der Waals surface area contributed by atoms with E-state index in [4.69, 9.17) is 0 Å². The van der Waals surface area contributed by atoms with Crippen LogP contribution in [0.1, 0.15) is 6.92 Å². The van der Waals surface area contributed by atoms with Gasteiger partial charge in [-0.05, 0) is 12.1 Å². The van der Waals surface area contributed by atoms with E-state index < -0.39 is 5.97 Å². The molecule has 0 radical (unpaired) electrons. The number of hydrogen-bond donors (Lipinski definition) is 1. The molecule has 1 aromatic carbocycles. The molecule has 2 rings (SSSR count). The average molecular weight is 301 g/mol. The highest BCUT2D eigenvalue weighted by Crippen LogP contribution is 2.13. The van der Waals surface area contributed by atoms with Crippen LogP contribution in [0.25, 0.3) is 11.0 Å². The second kappa shape index (κ2) is 7.40. The van der Waals surface area contributed by atoms with Gasteiger partial charge in [0.1, 0.15) is 0 Å². The van der Waals surface area contributed by atoms with E-state index in [0.717, 1.165) is 11.0 Å². The molecular weight excluding hydrogens is 282 g/mol. The van der Waals surface area contributed by atoms with Gasteiger partial charge in [0, 0.05) is 19.2 Å². The van der Waals surface area contributed by atoms with E-state index in [0.29, 0.717) is 13.1 Å². The summed E-state index contributed by atoms with van der Waals surface area (Å²) >= 11 is 0. The molecule has 0 aliphatic rings. The number of nitrogens with one attached hydrogen (secondary N) is 1. The molecule has 116 valence electrons. The fourth-order valence-corrected chi connectivity index (χ4v) is 2.09. The number of imidazole rings is 1. The van der Waals surface area contributed by atoms with Gasteiger partial charge >= 0.3 is 5.97 Å². The molecule has 0 spiro atoms. The van der Waals surface area contributed by atoms with Crippen molar-refractivity contribution in [3.8, 4) is 0 Å². The highest BCUT2D eigenvalue weighted by atomic mass is 16.5. The second-order valence-corrected chi connectivity index (χ2v) is 4.96. The van der Waals surface area contributed by atoms with E-state index >= 15 is 0 Å². The largest absolute Gasteiger partial charge is 0.466 e. The summed E-state index contributed by atoms with van der Waals surface area (Å²) in [5.74, 6) is -0.719. The molecule has 1 N–H and O–H groups in total. The lowest BCUT2D eigenvalue weighted by molar-refractivity contribution is -0.135. The fraction of sp³-hybridized carbons (Fsp3) is 0.312. The van der Waals surface area contributed by atoms with Gasteiger partial charge in [-0.1, -0.05) is 25.1 Å². The number of methoxy groups -OCH3 is 1. The average Bonchev–Trinajstić information content (AvgIpc) is 2.94. The van der Waals surface area contributed by atoms with Crippen LogP contribution < -0.4 is 5.32 Å². The SMILES string of the molecule is COC(=O)/C=C/CNC(=O)C(C)Cn1cnc2ccccc21. The van der Waals surface area contributed by atoms with Crippen LogP contribution >= 0.6 is 0 Å². The maximum atomic E-state index is 12.0. The van der Waals surface area contributed by atoms with Crippen molar-refractivity contribution in [3.05, 3.63) is 42.7 Å². The zero-order chi connectivity index (χ0) is 15.9. The number of benzene rings is 1. The van der Waals surface area contributed by atoms with Crippen molar-refractivity contribution in [1.82, 2.24) is 14.9 Å². The summed E-state index contributed by atoms with van der Waals surface area (Å²) < 4.78 is 6.43. The minimum absolute atomic E-state index is 0.0766. The summed E-state index contributed by atoms with van der Waals surface area (Å²) in [7, 11) is 1.31. The van der Waals surface area contributed by atoms with Crippen LogP contribution in [-0.4, -0.2) is 35.1 Å². The first-order valence-corrected chi connectivity index (χ1v) is 7.04. The third-order valence-corrected chi connectivity index (χ3v) is 3.29. The van der Waals surface area contributed by atoms with Gasteiger partial charge in [-0.25, -0.2) is 9.78 Å². The summed E-state index contributed by atoms with van der Waals surface area (Å²) in [5.41, 5.74) is 1.92. The Labute approximate surface area is 128 Å². The molecule has 1 heterocycles. The van der Waals surface area contributed by atoms with Gasteiger partial charge in [-0.2, -0.15) is 0 Å². The van der Waals surface area contributed by atoms with Crippen molar-refractivity contribution in [2.45, 2.75) is 13.5 Å². The van der Waals surface area contributed by atoms with Crippen LogP contribution in [0.4, 0.5) is 0 Å². The normalized spacial score (nSPS) is 12.5. The predicted octanol–water partition coefficient (Wildman–Crippen LogP) is 1.52. The van der Waals surface area contributed by atoms with Gasteiger partial charge in [0.25, 0.3) is 0 Å². The minimum atomic E-state index is -0.438. The number of rotatable bonds is 6. The molecular formula is C16H19N3O3. The van der Waals surface area contributed by atoms with E-state index in [1.165, 1.54) is 13.2 Å². The molecule has 0 aliphatic carbocycles. The standard InChI is InChI=1S/C16H19N3O3/c1-12(16(21)17-9-5-8-15(20)22-2)10-19-11-18-13-6-3-4-7-14(13)19/h3-8,11-12H,9-10H2,1-2H3,(H,17,21)/b8-5+. The number of aromatic nitrogens is 2. The van der Waals surface area contributed by atoms with Crippen LogP contribution in [0.15, 0.2) is 42.7 Å². The predicted molar refractivity (Wildman–Crippen MR) is 83.1 cm³/mol. The number of carbonyl (C=O) groups excluding carboxylic acids is 2. The number of nitrogens with zero attached hydrogens (tertiary/aromatic N) is 2. The van der Waals surface area contributed by atoms with Crippen molar-refractivity contribution in [2.24, 2.45) is 5.92 Å². The van der Waals surface area contributed by atoms with Gasteiger partial charge < -0.3 is 14.6 Å². The summed E-state index contributed by atoms with van der Waals surface area (Å²) in [6, 6.07) is 7.80. The Morgan fingerprint density at radius 2 is 2.18 bits per heavy atom. The Balaban J connectivity index is 1.89. The lowest BCUT2D eigenvalue weighted by Gasteiger charge is -2.12. The first-order chi connectivity index (χ1) is 10.6. The minimum Gasteiger partial charge on any atom is -0.466 e. The first-order valence-electron chi connectivity index (χ1n) is 7.04. The van der Waals surface area contributed by atoms with Gasteiger partial charge in [-0.3, -0.25) is 4.79 Å². The molecule has 22 heavy (non-hydrogen) atoms. The quantitative estimate of drug-likeness (QED) is 0.648. The van der Waals surface area contributed by atoms with Crippen LogP contribution in [0.2, 0.25) is 0 Å². The summed E-state index contributed by atoms with van der Waals surface area (Å²) in [4.78, 5) is 27.2. The summed E-state index contributed by atoms with van der Waals surface area (Å²) in [6.45, 7) is 2.70. The van der Waals surface area contributed by atoms with E-state index in [9.17, 15) is 9.59 Å². The Kier molecular flexibility index (Phi) is 5.30. The number of amides is 1. The molecule has 1 unspecified atom stereocenters. The lowest BCUT2D eigenvalue weighted by Crippen LogP contribution is -2.31. The number of carbonyl (C=O) groups is 2. The lowest BCUT2D eigenvalue weighted by atomic mass is 10.1. The summed E-state index contributed by atoms with van der Waals surface area (Å²) in [5, 5.41) is 2.76. The highest BCUT2D eigenvalue weighted by molar-refractivity contribution is 5.82.